The van der Waals surface area contributed by atoms with E-state index < -0.39 is 5.54 Å². The van der Waals surface area contributed by atoms with E-state index in [2.05, 4.69) is 62.7 Å². The Labute approximate surface area is 187 Å². The third kappa shape index (κ3) is 4.10. The highest BCUT2D eigenvalue weighted by molar-refractivity contribution is 5.96. The number of piperazine rings is 1. The van der Waals surface area contributed by atoms with Crippen LogP contribution in [0.4, 0.5) is 5.69 Å². The Balaban J connectivity index is 1.31. The van der Waals surface area contributed by atoms with Gasteiger partial charge < -0.3 is 15.1 Å². The molecule has 0 radical (unpaired) electrons. The molecule has 32 heavy (non-hydrogen) atoms. The van der Waals surface area contributed by atoms with Gasteiger partial charge in [0.25, 0.3) is 5.91 Å². The summed E-state index contributed by atoms with van der Waals surface area (Å²) in [7, 11) is 2.16. The number of rotatable bonds is 5. The van der Waals surface area contributed by atoms with Crippen LogP contribution in [0.15, 0.2) is 54.6 Å². The number of likely N-dealkylation sites (N-methyl/N-ethyl adjacent to an activating group) is 1. The van der Waals surface area contributed by atoms with Crippen molar-refractivity contribution in [3.63, 3.8) is 0 Å². The van der Waals surface area contributed by atoms with Crippen molar-refractivity contribution in [2.24, 2.45) is 0 Å². The highest BCUT2D eigenvalue weighted by Gasteiger charge is 2.44. The molecule has 1 saturated heterocycles. The standard InChI is InChI=1S/C25H26N6O/c1-30-11-13-31(14-12-30)21-7-5-18(6-8-21)22-16-23(29-28-22)19-3-2-4-20(15-19)24(32)27-25(17-26)9-10-25/h2-8,15-16H,9-14H2,1H3,(H,27,32)(H,28,29). The zero-order valence-corrected chi connectivity index (χ0v) is 18.1. The van der Waals surface area contributed by atoms with Crippen molar-refractivity contribution in [1.82, 2.24) is 20.4 Å². The van der Waals surface area contributed by atoms with Crippen LogP contribution >= 0.6 is 0 Å². The highest BCUT2D eigenvalue weighted by Crippen LogP contribution is 2.34. The lowest BCUT2D eigenvalue weighted by molar-refractivity contribution is 0.0941. The first kappa shape index (κ1) is 20.3. The number of benzene rings is 2. The number of nitrogens with one attached hydrogen (secondary N) is 2. The van der Waals surface area contributed by atoms with Gasteiger partial charge in [0, 0.05) is 43.0 Å². The van der Waals surface area contributed by atoms with Crippen LogP contribution in [-0.4, -0.2) is 59.8 Å². The first-order valence-corrected chi connectivity index (χ1v) is 11.0. The largest absolute Gasteiger partial charge is 0.369 e. The molecular weight excluding hydrogens is 400 g/mol. The van der Waals surface area contributed by atoms with E-state index in [0.717, 1.165) is 48.7 Å². The van der Waals surface area contributed by atoms with Gasteiger partial charge in [-0.25, -0.2) is 0 Å². The highest BCUT2D eigenvalue weighted by atomic mass is 16.1. The molecule has 0 bridgehead atoms. The molecule has 7 nitrogen and oxygen atoms in total. The minimum absolute atomic E-state index is 0.221. The van der Waals surface area contributed by atoms with Gasteiger partial charge in [-0.05, 0) is 55.8 Å². The van der Waals surface area contributed by atoms with Crippen molar-refractivity contribution in [3.05, 3.63) is 60.2 Å². The first-order valence-electron chi connectivity index (χ1n) is 11.0. The Bertz CT molecular complexity index is 1160. The molecule has 2 aromatic carbocycles. The second-order valence-corrected chi connectivity index (χ2v) is 8.73. The number of nitriles is 1. The molecule has 2 N–H and O–H groups in total. The molecule has 162 valence electrons. The Kier molecular flexibility index (Phi) is 5.16. The maximum absolute atomic E-state index is 12.6. The van der Waals surface area contributed by atoms with E-state index >= 15 is 0 Å². The summed E-state index contributed by atoms with van der Waals surface area (Å²) in [5.41, 5.74) is 4.73. The molecule has 2 heterocycles. The molecule has 3 aromatic rings. The molecule has 0 unspecified atom stereocenters. The zero-order valence-electron chi connectivity index (χ0n) is 18.1. The molecule has 0 atom stereocenters. The number of H-pyrrole nitrogens is 1. The van der Waals surface area contributed by atoms with Crippen molar-refractivity contribution in [2.45, 2.75) is 18.4 Å². The van der Waals surface area contributed by atoms with Gasteiger partial charge in [-0.15, -0.1) is 0 Å². The summed E-state index contributed by atoms with van der Waals surface area (Å²) in [5.74, 6) is -0.221. The van der Waals surface area contributed by atoms with Gasteiger partial charge >= 0.3 is 0 Å². The molecule has 1 saturated carbocycles. The van der Waals surface area contributed by atoms with E-state index in [4.69, 9.17) is 0 Å². The van der Waals surface area contributed by atoms with Crippen molar-refractivity contribution < 1.29 is 4.79 Å². The smallest absolute Gasteiger partial charge is 0.252 e. The van der Waals surface area contributed by atoms with E-state index in [1.165, 1.54) is 5.69 Å². The second-order valence-electron chi connectivity index (χ2n) is 8.73. The summed E-state index contributed by atoms with van der Waals surface area (Å²) < 4.78 is 0. The van der Waals surface area contributed by atoms with Gasteiger partial charge in [0.05, 0.1) is 17.5 Å². The fourth-order valence-corrected chi connectivity index (χ4v) is 4.03. The number of aromatic amines is 1. The number of carbonyl (C=O) groups is 1. The number of amides is 1. The molecule has 1 aromatic heterocycles. The molecule has 2 aliphatic rings. The quantitative estimate of drug-likeness (QED) is 0.654. The summed E-state index contributed by atoms with van der Waals surface area (Å²) in [6.45, 7) is 4.26. The van der Waals surface area contributed by atoms with Crippen molar-refractivity contribution >= 4 is 11.6 Å². The molecular formula is C25H26N6O. The van der Waals surface area contributed by atoms with Crippen LogP contribution in [0.5, 0.6) is 0 Å². The number of nitrogens with zero attached hydrogens (tertiary/aromatic N) is 4. The van der Waals surface area contributed by atoms with Crippen molar-refractivity contribution in [3.8, 4) is 28.6 Å². The lowest BCUT2D eigenvalue weighted by atomic mass is 10.1. The average Bonchev–Trinajstić information content (AvgIpc) is 3.43. The van der Waals surface area contributed by atoms with E-state index in [1.54, 1.807) is 6.07 Å². The van der Waals surface area contributed by atoms with Gasteiger partial charge in [-0.3, -0.25) is 9.89 Å². The second kappa shape index (κ2) is 8.13. The summed E-state index contributed by atoms with van der Waals surface area (Å²) in [6, 6.07) is 20.1. The Hall–Kier alpha value is -3.63. The fraction of sp³-hybridized carbons (Fsp3) is 0.320. The summed E-state index contributed by atoms with van der Waals surface area (Å²) in [5, 5.41) is 19.6. The zero-order chi connectivity index (χ0) is 22.1. The minimum Gasteiger partial charge on any atom is -0.369 e. The van der Waals surface area contributed by atoms with Crippen LogP contribution in [0, 0.1) is 11.3 Å². The number of anilines is 1. The topological polar surface area (TPSA) is 88.0 Å². The molecule has 5 rings (SSSR count). The maximum Gasteiger partial charge on any atom is 0.252 e. The first-order chi connectivity index (χ1) is 15.5. The molecule has 1 amide bonds. The normalized spacial score (nSPS) is 17.6. The summed E-state index contributed by atoms with van der Waals surface area (Å²) in [6.07, 6.45) is 1.43. The van der Waals surface area contributed by atoms with E-state index in [-0.39, 0.29) is 5.91 Å². The fourth-order valence-electron chi connectivity index (χ4n) is 4.03. The van der Waals surface area contributed by atoms with Gasteiger partial charge in [0.15, 0.2) is 0 Å². The number of aromatic nitrogens is 2. The lowest BCUT2D eigenvalue weighted by Gasteiger charge is -2.34. The number of carbonyl (C=O) groups excluding carboxylic acids is 1. The maximum atomic E-state index is 12.6. The molecule has 2 fully saturated rings. The summed E-state index contributed by atoms with van der Waals surface area (Å²) >= 11 is 0. The van der Waals surface area contributed by atoms with E-state index in [1.807, 2.05) is 24.3 Å². The van der Waals surface area contributed by atoms with Crippen LogP contribution in [0.1, 0.15) is 23.2 Å². The van der Waals surface area contributed by atoms with E-state index in [9.17, 15) is 10.1 Å². The Morgan fingerprint density at radius 3 is 2.50 bits per heavy atom. The third-order valence-electron chi connectivity index (χ3n) is 6.36. The van der Waals surface area contributed by atoms with Crippen LogP contribution in [0.3, 0.4) is 0 Å². The van der Waals surface area contributed by atoms with Gasteiger partial charge in [0.1, 0.15) is 5.54 Å². The Morgan fingerprint density at radius 2 is 1.81 bits per heavy atom. The molecule has 1 aliphatic carbocycles. The SMILES string of the molecule is CN1CCN(c2ccc(-c3cc(-c4cccc(C(=O)NC5(C#N)CC5)c4)n[nH]3)cc2)CC1. The molecule has 0 spiro atoms. The van der Waals surface area contributed by atoms with Crippen LogP contribution < -0.4 is 10.2 Å². The van der Waals surface area contributed by atoms with Crippen molar-refractivity contribution in [2.75, 3.05) is 38.1 Å². The predicted molar refractivity (Wildman–Crippen MR) is 124 cm³/mol. The van der Waals surface area contributed by atoms with Crippen LogP contribution in [0.2, 0.25) is 0 Å². The van der Waals surface area contributed by atoms with Crippen LogP contribution in [0.25, 0.3) is 22.5 Å². The van der Waals surface area contributed by atoms with Gasteiger partial charge in [-0.2, -0.15) is 10.4 Å². The van der Waals surface area contributed by atoms with Crippen LogP contribution in [-0.2, 0) is 0 Å². The number of hydrogen-bond acceptors (Lipinski definition) is 5. The van der Waals surface area contributed by atoms with Gasteiger partial charge in [-0.1, -0.05) is 24.3 Å². The minimum atomic E-state index is -0.678. The molecule has 7 heteroatoms. The van der Waals surface area contributed by atoms with E-state index in [0.29, 0.717) is 18.4 Å². The molecule has 1 aliphatic heterocycles. The number of hydrogen-bond donors (Lipinski definition) is 2. The Morgan fingerprint density at radius 1 is 1.06 bits per heavy atom. The predicted octanol–water partition coefficient (Wildman–Crippen LogP) is 3.28. The van der Waals surface area contributed by atoms with Gasteiger partial charge in [0.2, 0.25) is 0 Å². The summed E-state index contributed by atoms with van der Waals surface area (Å²) in [4.78, 5) is 17.3. The lowest BCUT2D eigenvalue weighted by Crippen LogP contribution is -2.44. The average molecular weight is 427 g/mol. The monoisotopic (exact) mass is 426 g/mol. The van der Waals surface area contributed by atoms with Crippen molar-refractivity contribution in [1.29, 1.82) is 5.26 Å². The third-order valence-corrected chi connectivity index (χ3v) is 6.36.